The molecule has 0 bridgehead atoms. The van der Waals surface area contributed by atoms with Crippen LogP contribution in [0.25, 0.3) is 0 Å². The molecule has 118 valence electrons. The van der Waals surface area contributed by atoms with E-state index in [9.17, 15) is 0 Å². The van der Waals surface area contributed by atoms with E-state index in [2.05, 4.69) is 69.0 Å². The van der Waals surface area contributed by atoms with Crippen molar-refractivity contribution in [3.63, 3.8) is 0 Å². The summed E-state index contributed by atoms with van der Waals surface area (Å²) in [7, 11) is 3.08. The Morgan fingerprint density at radius 2 is 1.67 bits per heavy atom. The molecule has 0 heterocycles. The molecule has 0 spiro atoms. The zero-order chi connectivity index (χ0) is 15.5. The summed E-state index contributed by atoms with van der Waals surface area (Å²) >= 11 is 0. The van der Waals surface area contributed by atoms with Gasteiger partial charge in [-0.15, -0.1) is 0 Å². The standard InChI is InChI=1S/C18H31NOSi/c1-19(2)18(17-9-7-6-8-10-17)13-11-16(12-14-18)15-20-21(3,4)5/h6-10,16H,11-15H2,1-5H3. The van der Waals surface area contributed by atoms with Crippen molar-refractivity contribution in [2.75, 3.05) is 20.7 Å². The Morgan fingerprint density at radius 3 is 2.14 bits per heavy atom. The fourth-order valence-corrected chi connectivity index (χ4v) is 4.17. The first-order chi connectivity index (χ1) is 9.83. The van der Waals surface area contributed by atoms with E-state index in [1.807, 2.05) is 0 Å². The van der Waals surface area contributed by atoms with E-state index >= 15 is 0 Å². The minimum absolute atomic E-state index is 0.219. The van der Waals surface area contributed by atoms with E-state index in [1.54, 1.807) is 0 Å². The average molecular weight is 306 g/mol. The summed E-state index contributed by atoms with van der Waals surface area (Å²) in [5, 5.41) is 0. The van der Waals surface area contributed by atoms with Gasteiger partial charge in [0.1, 0.15) is 0 Å². The molecule has 3 heteroatoms. The highest BCUT2D eigenvalue weighted by molar-refractivity contribution is 6.69. The van der Waals surface area contributed by atoms with Crippen LogP contribution < -0.4 is 0 Å². The lowest BCUT2D eigenvalue weighted by atomic mass is 9.72. The van der Waals surface area contributed by atoms with Gasteiger partial charge in [0.05, 0.1) is 0 Å². The Labute approximate surface area is 131 Å². The molecule has 0 N–H and O–H groups in total. The van der Waals surface area contributed by atoms with Gasteiger partial charge < -0.3 is 4.43 Å². The molecule has 0 amide bonds. The van der Waals surface area contributed by atoms with Gasteiger partial charge >= 0.3 is 0 Å². The highest BCUT2D eigenvalue weighted by Gasteiger charge is 2.38. The van der Waals surface area contributed by atoms with Gasteiger partial charge in [-0.1, -0.05) is 30.3 Å². The number of nitrogens with zero attached hydrogens (tertiary/aromatic N) is 1. The molecule has 1 aromatic rings. The molecule has 0 unspecified atom stereocenters. The Kier molecular flexibility index (Phi) is 5.28. The molecule has 0 aliphatic heterocycles. The van der Waals surface area contributed by atoms with Crippen LogP contribution in [0.4, 0.5) is 0 Å². The second kappa shape index (κ2) is 6.63. The van der Waals surface area contributed by atoms with Crippen LogP contribution in [0.15, 0.2) is 30.3 Å². The lowest BCUT2D eigenvalue weighted by Gasteiger charge is -2.46. The van der Waals surface area contributed by atoms with Crippen molar-refractivity contribution in [1.82, 2.24) is 4.90 Å². The maximum atomic E-state index is 6.13. The Bertz CT molecular complexity index is 430. The molecular formula is C18H31NOSi. The lowest BCUT2D eigenvalue weighted by molar-refractivity contribution is 0.0624. The van der Waals surface area contributed by atoms with E-state index < -0.39 is 8.32 Å². The largest absolute Gasteiger partial charge is 0.417 e. The molecule has 1 aliphatic rings. The number of benzene rings is 1. The maximum absolute atomic E-state index is 6.13. The fraction of sp³-hybridized carbons (Fsp3) is 0.667. The molecule has 21 heavy (non-hydrogen) atoms. The van der Waals surface area contributed by atoms with E-state index in [-0.39, 0.29) is 5.54 Å². The number of rotatable bonds is 5. The van der Waals surface area contributed by atoms with E-state index in [1.165, 1.54) is 31.2 Å². The van der Waals surface area contributed by atoms with E-state index in [4.69, 9.17) is 4.43 Å². The monoisotopic (exact) mass is 305 g/mol. The molecule has 0 saturated heterocycles. The van der Waals surface area contributed by atoms with Crippen molar-refractivity contribution in [1.29, 1.82) is 0 Å². The normalized spacial score (nSPS) is 27.0. The average Bonchev–Trinajstić information content (AvgIpc) is 2.45. The van der Waals surface area contributed by atoms with Crippen LogP contribution in [0.3, 0.4) is 0 Å². The number of hydrogen-bond acceptors (Lipinski definition) is 2. The molecule has 0 atom stereocenters. The molecule has 0 aromatic heterocycles. The van der Waals surface area contributed by atoms with E-state index in [0.29, 0.717) is 0 Å². The molecule has 1 aliphatic carbocycles. The third-order valence-corrected chi connectivity index (χ3v) is 5.88. The summed E-state index contributed by atoms with van der Waals surface area (Å²) in [6.07, 6.45) is 5.03. The first-order valence-corrected chi connectivity index (χ1v) is 11.6. The summed E-state index contributed by atoms with van der Waals surface area (Å²) in [6.45, 7) is 7.81. The summed E-state index contributed by atoms with van der Waals surface area (Å²) in [6, 6.07) is 11.0. The summed E-state index contributed by atoms with van der Waals surface area (Å²) in [4.78, 5) is 2.43. The number of hydrogen-bond donors (Lipinski definition) is 0. The Morgan fingerprint density at radius 1 is 1.10 bits per heavy atom. The van der Waals surface area contributed by atoms with Crippen molar-refractivity contribution < 1.29 is 4.43 Å². The van der Waals surface area contributed by atoms with Crippen LogP contribution >= 0.6 is 0 Å². The minimum atomic E-state index is -1.37. The highest BCUT2D eigenvalue weighted by atomic mass is 28.4. The van der Waals surface area contributed by atoms with Gasteiger partial charge in [0, 0.05) is 12.1 Å². The van der Waals surface area contributed by atoms with Crippen molar-refractivity contribution in [2.24, 2.45) is 5.92 Å². The second-order valence-corrected chi connectivity index (χ2v) is 12.2. The topological polar surface area (TPSA) is 12.5 Å². The molecular weight excluding hydrogens is 274 g/mol. The maximum Gasteiger partial charge on any atom is 0.183 e. The third kappa shape index (κ3) is 4.18. The van der Waals surface area contributed by atoms with Crippen molar-refractivity contribution in [2.45, 2.75) is 50.9 Å². The van der Waals surface area contributed by atoms with E-state index in [0.717, 1.165) is 12.5 Å². The van der Waals surface area contributed by atoms with Crippen LogP contribution in [-0.4, -0.2) is 33.9 Å². The minimum Gasteiger partial charge on any atom is -0.417 e. The quantitative estimate of drug-likeness (QED) is 0.743. The molecule has 0 radical (unpaired) electrons. The predicted molar refractivity (Wildman–Crippen MR) is 93.1 cm³/mol. The molecule has 2 nitrogen and oxygen atoms in total. The van der Waals surface area contributed by atoms with Crippen LogP contribution in [0, 0.1) is 5.92 Å². The van der Waals surface area contributed by atoms with Gasteiger partial charge in [0.15, 0.2) is 8.32 Å². The molecule has 1 fully saturated rings. The van der Waals surface area contributed by atoms with Crippen LogP contribution in [0.1, 0.15) is 31.2 Å². The highest BCUT2D eigenvalue weighted by Crippen LogP contribution is 2.43. The SMILES string of the molecule is CN(C)C1(c2ccccc2)CCC(CO[Si](C)(C)C)CC1. The lowest BCUT2D eigenvalue weighted by Crippen LogP contribution is -2.45. The van der Waals surface area contributed by atoms with Gasteiger partial charge in [-0.05, 0) is 70.9 Å². The summed E-state index contributed by atoms with van der Waals surface area (Å²) in [5.74, 6) is 0.744. The fourth-order valence-electron chi connectivity index (χ4n) is 3.43. The van der Waals surface area contributed by atoms with Gasteiger partial charge in [-0.2, -0.15) is 0 Å². The van der Waals surface area contributed by atoms with Gasteiger partial charge in [0.25, 0.3) is 0 Å². The van der Waals surface area contributed by atoms with Gasteiger partial charge in [0.2, 0.25) is 0 Å². The molecule has 1 saturated carbocycles. The van der Waals surface area contributed by atoms with Gasteiger partial charge in [-0.3, -0.25) is 4.90 Å². The first kappa shape index (κ1) is 16.7. The van der Waals surface area contributed by atoms with Crippen LogP contribution in [-0.2, 0) is 9.96 Å². The van der Waals surface area contributed by atoms with Gasteiger partial charge in [-0.25, -0.2) is 0 Å². The second-order valence-electron chi connectivity index (χ2n) is 7.66. The molecule has 2 rings (SSSR count). The zero-order valence-electron chi connectivity index (χ0n) is 14.4. The summed E-state index contributed by atoms with van der Waals surface area (Å²) < 4.78 is 6.13. The van der Waals surface area contributed by atoms with Crippen LogP contribution in [0.5, 0.6) is 0 Å². The van der Waals surface area contributed by atoms with Crippen molar-refractivity contribution >= 4 is 8.32 Å². The Hall–Kier alpha value is -0.643. The van der Waals surface area contributed by atoms with Crippen molar-refractivity contribution in [3.05, 3.63) is 35.9 Å². The predicted octanol–water partition coefficient (Wildman–Crippen LogP) is 4.49. The third-order valence-electron chi connectivity index (χ3n) is 4.85. The molecule has 1 aromatic carbocycles. The Balaban J connectivity index is 2.02. The smallest absolute Gasteiger partial charge is 0.183 e. The zero-order valence-corrected chi connectivity index (χ0v) is 15.4. The first-order valence-electron chi connectivity index (χ1n) is 8.20. The van der Waals surface area contributed by atoms with Crippen LogP contribution in [0.2, 0.25) is 19.6 Å². The summed E-state index contributed by atoms with van der Waals surface area (Å²) in [5.41, 5.74) is 1.69. The van der Waals surface area contributed by atoms with Crippen molar-refractivity contribution in [3.8, 4) is 0 Å².